The van der Waals surface area contributed by atoms with Gasteiger partial charge in [-0.1, -0.05) is 24.0 Å². The molecule has 0 saturated carbocycles. The van der Waals surface area contributed by atoms with Crippen molar-refractivity contribution >= 4 is 50.1 Å². The summed E-state index contributed by atoms with van der Waals surface area (Å²) in [6.07, 6.45) is 2.67. The fourth-order valence-corrected chi connectivity index (χ4v) is 4.08. The second-order valence-electron chi connectivity index (χ2n) is 5.67. The molecule has 2 heterocycles. The maximum Gasteiger partial charge on any atom is 0.266 e. The van der Waals surface area contributed by atoms with Gasteiger partial charge in [0.05, 0.1) is 10.7 Å². The Morgan fingerprint density at radius 3 is 2.58 bits per heavy atom. The lowest BCUT2D eigenvalue weighted by atomic mass is 10.2. The molecule has 1 aromatic heterocycles. The summed E-state index contributed by atoms with van der Waals surface area (Å²) in [7, 11) is -3.19. The molecule has 26 heavy (non-hydrogen) atoms. The van der Waals surface area contributed by atoms with E-state index in [0.29, 0.717) is 26.3 Å². The quantitative estimate of drug-likeness (QED) is 0.555. The Bertz CT molecular complexity index is 993. The van der Waals surface area contributed by atoms with Crippen LogP contribution >= 0.6 is 24.0 Å². The Balaban J connectivity index is 1.77. The molecular weight excluding hydrogens is 397 g/mol. The first-order valence-electron chi connectivity index (χ1n) is 7.52. The fraction of sp³-hybridized carbons (Fsp3) is 0.176. The van der Waals surface area contributed by atoms with Crippen molar-refractivity contribution in [2.24, 2.45) is 0 Å². The minimum Gasteiger partial charge on any atom is -0.457 e. The van der Waals surface area contributed by atoms with Crippen LogP contribution in [0.15, 0.2) is 45.7 Å². The molecule has 0 radical (unpaired) electrons. The predicted octanol–water partition coefficient (Wildman–Crippen LogP) is 3.33. The third-order valence-corrected chi connectivity index (χ3v) is 5.89. The van der Waals surface area contributed by atoms with Crippen molar-refractivity contribution in [3.8, 4) is 11.3 Å². The summed E-state index contributed by atoms with van der Waals surface area (Å²) >= 11 is 6.26. The highest BCUT2D eigenvalue weighted by atomic mass is 32.2. The monoisotopic (exact) mass is 411 g/mol. The van der Waals surface area contributed by atoms with Gasteiger partial charge in [0.1, 0.15) is 31.5 Å². The van der Waals surface area contributed by atoms with Crippen molar-refractivity contribution in [1.29, 1.82) is 0 Å². The Morgan fingerprint density at radius 2 is 1.92 bits per heavy atom. The largest absolute Gasteiger partial charge is 0.457 e. The molecule has 2 aromatic rings. The third kappa shape index (κ3) is 4.40. The van der Waals surface area contributed by atoms with Gasteiger partial charge in [0.25, 0.3) is 5.91 Å². The number of halogens is 1. The summed E-state index contributed by atoms with van der Waals surface area (Å²) in [5.41, 5.74) is 0.715. The first-order chi connectivity index (χ1) is 12.2. The number of thiocarbonyl (C=S) groups is 1. The van der Waals surface area contributed by atoms with Gasteiger partial charge in [-0.15, -0.1) is 0 Å². The zero-order valence-corrected chi connectivity index (χ0v) is 16.1. The molecule has 1 fully saturated rings. The molecule has 0 bridgehead atoms. The second-order valence-corrected chi connectivity index (χ2v) is 9.61. The van der Waals surface area contributed by atoms with Crippen molar-refractivity contribution in [3.63, 3.8) is 0 Å². The zero-order chi connectivity index (χ0) is 18.9. The lowest BCUT2D eigenvalue weighted by Gasteiger charge is -2.12. The second kappa shape index (κ2) is 7.34. The Hall–Kier alpha value is -1.97. The van der Waals surface area contributed by atoms with Gasteiger partial charge in [-0.3, -0.25) is 9.69 Å². The molecule has 5 nitrogen and oxygen atoms in total. The van der Waals surface area contributed by atoms with Crippen LogP contribution in [-0.4, -0.2) is 42.1 Å². The summed E-state index contributed by atoms with van der Waals surface area (Å²) in [4.78, 5) is 14.1. The normalized spacial score (nSPS) is 16.7. The molecule has 0 N–H and O–H groups in total. The molecule has 1 aliphatic rings. The number of amides is 1. The van der Waals surface area contributed by atoms with E-state index in [1.165, 1.54) is 17.0 Å². The Labute approximate surface area is 159 Å². The van der Waals surface area contributed by atoms with Crippen molar-refractivity contribution in [2.45, 2.75) is 0 Å². The number of thioether (sulfide) groups is 1. The molecule has 0 aliphatic carbocycles. The van der Waals surface area contributed by atoms with E-state index in [9.17, 15) is 17.6 Å². The van der Waals surface area contributed by atoms with Crippen LogP contribution in [0.5, 0.6) is 0 Å². The topological polar surface area (TPSA) is 67.6 Å². The average Bonchev–Trinajstić information content (AvgIpc) is 3.12. The molecule has 1 aliphatic heterocycles. The number of carbonyl (C=O) groups is 1. The third-order valence-electron chi connectivity index (χ3n) is 3.59. The standard InChI is InChI=1S/C17H14FNO4S3/c1-26(21,22)9-8-19-16(20)15(25-17(19)24)10-13-6-7-14(23-13)11-2-4-12(18)5-3-11/h2-7,10H,8-9H2,1H3/b15-10-. The van der Waals surface area contributed by atoms with Crippen LogP contribution in [0.3, 0.4) is 0 Å². The van der Waals surface area contributed by atoms with Crippen LogP contribution < -0.4 is 0 Å². The van der Waals surface area contributed by atoms with E-state index in [4.69, 9.17) is 16.6 Å². The number of hydrogen-bond donors (Lipinski definition) is 0. The minimum absolute atomic E-state index is 0.0276. The summed E-state index contributed by atoms with van der Waals surface area (Å²) in [6.45, 7) is 0.0276. The lowest BCUT2D eigenvalue weighted by molar-refractivity contribution is -0.121. The number of rotatable bonds is 5. The van der Waals surface area contributed by atoms with Gasteiger partial charge >= 0.3 is 0 Å². The molecule has 0 atom stereocenters. The molecule has 0 unspecified atom stereocenters. The zero-order valence-electron chi connectivity index (χ0n) is 13.6. The molecule has 0 spiro atoms. The van der Waals surface area contributed by atoms with E-state index in [2.05, 4.69) is 0 Å². The highest BCUT2D eigenvalue weighted by Crippen LogP contribution is 2.33. The maximum absolute atomic E-state index is 13.0. The SMILES string of the molecule is CS(=O)(=O)CCN1C(=O)/C(=C/c2ccc(-c3ccc(F)cc3)o2)SC1=S. The number of furan rings is 1. The summed E-state index contributed by atoms with van der Waals surface area (Å²) in [5, 5.41) is 0. The first kappa shape index (κ1) is 18.8. The number of sulfone groups is 1. The number of carbonyl (C=O) groups excluding carboxylic acids is 1. The smallest absolute Gasteiger partial charge is 0.266 e. The summed E-state index contributed by atoms with van der Waals surface area (Å²) < 4.78 is 41.6. The molecule has 1 aromatic carbocycles. The molecular formula is C17H14FNO4S3. The molecule has 1 saturated heterocycles. The van der Waals surface area contributed by atoms with Crippen molar-refractivity contribution in [3.05, 3.63) is 52.9 Å². The van der Waals surface area contributed by atoms with E-state index < -0.39 is 9.84 Å². The van der Waals surface area contributed by atoms with Gasteiger partial charge in [0, 0.05) is 24.4 Å². The minimum atomic E-state index is -3.19. The van der Waals surface area contributed by atoms with Crippen LogP contribution in [0, 0.1) is 5.82 Å². The molecule has 9 heteroatoms. The van der Waals surface area contributed by atoms with Crippen LogP contribution in [-0.2, 0) is 14.6 Å². The van der Waals surface area contributed by atoms with Crippen molar-refractivity contribution < 1.29 is 22.0 Å². The van der Waals surface area contributed by atoms with Crippen LogP contribution in [0.1, 0.15) is 5.76 Å². The van der Waals surface area contributed by atoms with Crippen LogP contribution in [0.25, 0.3) is 17.4 Å². The number of nitrogens with zero attached hydrogens (tertiary/aromatic N) is 1. The molecule has 1 amide bonds. The van der Waals surface area contributed by atoms with E-state index >= 15 is 0 Å². The summed E-state index contributed by atoms with van der Waals surface area (Å²) in [5.74, 6) is 0.167. The van der Waals surface area contributed by atoms with Gasteiger partial charge in [-0.25, -0.2) is 12.8 Å². The van der Waals surface area contributed by atoms with E-state index in [-0.39, 0.29) is 24.0 Å². The lowest BCUT2D eigenvalue weighted by Crippen LogP contribution is -2.32. The average molecular weight is 412 g/mol. The maximum atomic E-state index is 13.0. The van der Waals surface area contributed by atoms with Gasteiger partial charge in [-0.05, 0) is 36.4 Å². The van der Waals surface area contributed by atoms with Gasteiger partial charge in [0.15, 0.2) is 0 Å². The van der Waals surface area contributed by atoms with E-state index in [1.54, 1.807) is 30.3 Å². The van der Waals surface area contributed by atoms with Gasteiger partial charge in [0.2, 0.25) is 0 Å². The Morgan fingerprint density at radius 1 is 1.23 bits per heavy atom. The van der Waals surface area contributed by atoms with Crippen LogP contribution in [0.2, 0.25) is 0 Å². The highest BCUT2D eigenvalue weighted by Gasteiger charge is 2.32. The molecule has 3 rings (SSSR count). The highest BCUT2D eigenvalue weighted by molar-refractivity contribution is 8.26. The van der Waals surface area contributed by atoms with Crippen molar-refractivity contribution in [2.75, 3.05) is 18.6 Å². The predicted molar refractivity (Wildman–Crippen MR) is 104 cm³/mol. The molecule has 136 valence electrons. The number of hydrogen-bond acceptors (Lipinski definition) is 6. The van der Waals surface area contributed by atoms with E-state index in [1.807, 2.05) is 0 Å². The summed E-state index contributed by atoms with van der Waals surface area (Å²) in [6, 6.07) is 9.30. The number of benzene rings is 1. The first-order valence-corrected chi connectivity index (χ1v) is 10.8. The van der Waals surface area contributed by atoms with Gasteiger partial charge in [-0.2, -0.15) is 0 Å². The van der Waals surface area contributed by atoms with E-state index in [0.717, 1.165) is 18.0 Å². The fourth-order valence-electron chi connectivity index (χ4n) is 2.28. The van der Waals surface area contributed by atoms with Gasteiger partial charge < -0.3 is 4.42 Å². The van der Waals surface area contributed by atoms with Crippen LogP contribution in [0.4, 0.5) is 4.39 Å². The Kier molecular flexibility index (Phi) is 5.31. The van der Waals surface area contributed by atoms with Crippen molar-refractivity contribution in [1.82, 2.24) is 4.90 Å².